The van der Waals surface area contributed by atoms with E-state index in [2.05, 4.69) is 0 Å². The molecule has 0 bridgehead atoms. The molecule has 0 amide bonds. The van der Waals surface area contributed by atoms with Gasteiger partial charge in [-0.15, -0.1) is 22.7 Å². The first-order chi connectivity index (χ1) is 8.24. The van der Waals surface area contributed by atoms with Crippen molar-refractivity contribution in [3.63, 3.8) is 0 Å². The highest BCUT2D eigenvalue weighted by molar-refractivity contribution is 7.28. The van der Waals surface area contributed by atoms with Gasteiger partial charge in [0.15, 0.2) is 0 Å². The molecule has 1 aromatic carbocycles. The topological polar surface area (TPSA) is 17.1 Å². The zero-order valence-electron chi connectivity index (χ0n) is 8.64. The van der Waals surface area contributed by atoms with Gasteiger partial charge in [-0.1, -0.05) is 11.6 Å². The largest absolute Gasteiger partial charge is 0.288 e. The van der Waals surface area contributed by atoms with Crippen molar-refractivity contribution in [3.05, 3.63) is 57.2 Å². The van der Waals surface area contributed by atoms with Crippen LogP contribution in [0.5, 0.6) is 0 Å². The van der Waals surface area contributed by atoms with Gasteiger partial charge in [0.05, 0.1) is 4.88 Å². The summed E-state index contributed by atoms with van der Waals surface area (Å²) in [5.41, 5.74) is 0.684. The van der Waals surface area contributed by atoms with E-state index in [-0.39, 0.29) is 5.78 Å². The number of benzene rings is 1. The third kappa shape index (κ3) is 2.02. The van der Waals surface area contributed by atoms with E-state index < -0.39 is 0 Å². The highest BCUT2D eigenvalue weighted by Gasteiger charge is 2.12. The van der Waals surface area contributed by atoms with Crippen molar-refractivity contribution >= 4 is 49.5 Å². The third-order valence-electron chi connectivity index (χ3n) is 2.47. The molecule has 0 radical (unpaired) electrons. The molecule has 0 unspecified atom stereocenters. The summed E-state index contributed by atoms with van der Waals surface area (Å²) in [6.07, 6.45) is 0. The molecule has 3 rings (SSSR count). The molecule has 1 nitrogen and oxygen atoms in total. The summed E-state index contributed by atoms with van der Waals surface area (Å²) in [6.45, 7) is 0. The van der Waals surface area contributed by atoms with Crippen molar-refractivity contribution in [2.75, 3.05) is 0 Å². The zero-order valence-corrected chi connectivity index (χ0v) is 11.0. The average molecular weight is 279 g/mol. The van der Waals surface area contributed by atoms with E-state index in [1.807, 2.05) is 17.5 Å². The van der Waals surface area contributed by atoms with Crippen LogP contribution in [-0.2, 0) is 0 Å². The predicted octanol–water partition coefficient (Wildman–Crippen LogP) is 4.85. The van der Waals surface area contributed by atoms with Crippen molar-refractivity contribution in [1.29, 1.82) is 0 Å². The molecule has 0 saturated heterocycles. The Kier molecular flexibility index (Phi) is 2.74. The molecule has 0 aliphatic heterocycles. The van der Waals surface area contributed by atoms with Crippen LogP contribution in [0.1, 0.15) is 15.2 Å². The Morgan fingerprint density at radius 1 is 1.06 bits per heavy atom. The number of hydrogen-bond donors (Lipinski definition) is 0. The summed E-state index contributed by atoms with van der Waals surface area (Å²) in [7, 11) is 0. The first kappa shape index (κ1) is 11.0. The van der Waals surface area contributed by atoms with Gasteiger partial charge in [0.1, 0.15) is 0 Å². The fraction of sp³-hybridized carbons (Fsp3) is 0. The van der Waals surface area contributed by atoms with Crippen LogP contribution < -0.4 is 0 Å². The van der Waals surface area contributed by atoms with Gasteiger partial charge in [-0.25, -0.2) is 0 Å². The number of carbonyl (C=O) groups excluding carboxylic acids is 1. The second-order valence-electron chi connectivity index (χ2n) is 3.60. The molecule has 0 fully saturated rings. The maximum absolute atomic E-state index is 12.2. The molecule has 17 heavy (non-hydrogen) atoms. The van der Waals surface area contributed by atoms with Gasteiger partial charge in [0.2, 0.25) is 5.78 Å². The van der Waals surface area contributed by atoms with Crippen LogP contribution in [0.4, 0.5) is 0 Å². The lowest BCUT2D eigenvalue weighted by Crippen LogP contribution is -1.97. The lowest BCUT2D eigenvalue weighted by atomic mass is 10.1. The maximum Gasteiger partial charge on any atom is 0.203 e. The second-order valence-corrected chi connectivity index (χ2v) is 6.06. The quantitative estimate of drug-likeness (QED) is 0.613. The second kappa shape index (κ2) is 4.26. The van der Waals surface area contributed by atoms with Crippen molar-refractivity contribution < 1.29 is 4.79 Å². The van der Waals surface area contributed by atoms with Gasteiger partial charge in [-0.3, -0.25) is 4.79 Å². The van der Waals surface area contributed by atoms with Gasteiger partial charge in [-0.05, 0) is 41.8 Å². The standard InChI is InChI=1S/C13H7ClOS2/c14-9-3-1-8(2-4-9)13(15)12-7-11-10(17-12)5-6-16-11/h1-7H. The summed E-state index contributed by atoms with van der Waals surface area (Å²) in [6, 6.07) is 11.0. The molecule has 0 atom stereocenters. The average Bonchev–Trinajstić information content (AvgIpc) is 2.89. The normalized spacial score (nSPS) is 10.9. The van der Waals surface area contributed by atoms with Gasteiger partial charge in [0, 0.05) is 20.0 Å². The Morgan fingerprint density at radius 2 is 1.82 bits per heavy atom. The van der Waals surface area contributed by atoms with E-state index in [4.69, 9.17) is 11.6 Å². The van der Waals surface area contributed by atoms with Crippen LogP contribution in [-0.4, -0.2) is 5.78 Å². The summed E-state index contributed by atoms with van der Waals surface area (Å²) in [5, 5.41) is 2.69. The van der Waals surface area contributed by atoms with Crippen LogP contribution in [0.2, 0.25) is 5.02 Å². The van der Waals surface area contributed by atoms with E-state index in [1.54, 1.807) is 35.6 Å². The minimum atomic E-state index is 0.0649. The van der Waals surface area contributed by atoms with Crippen LogP contribution in [0.25, 0.3) is 9.40 Å². The molecule has 84 valence electrons. The molecule has 0 aliphatic carbocycles. The highest BCUT2D eigenvalue weighted by Crippen LogP contribution is 2.31. The van der Waals surface area contributed by atoms with E-state index in [1.165, 1.54) is 20.7 Å². The van der Waals surface area contributed by atoms with Crippen LogP contribution in [0.3, 0.4) is 0 Å². The smallest absolute Gasteiger partial charge is 0.203 e. The minimum absolute atomic E-state index is 0.0649. The number of ketones is 1. The van der Waals surface area contributed by atoms with E-state index in [0.29, 0.717) is 10.6 Å². The summed E-state index contributed by atoms with van der Waals surface area (Å²) < 4.78 is 2.35. The first-order valence-electron chi connectivity index (χ1n) is 5.01. The number of halogens is 1. The van der Waals surface area contributed by atoms with E-state index >= 15 is 0 Å². The molecule has 0 saturated carbocycles. The summed E-state index contributed by atoms with van der Waals surface area (Å²) >= 11 is 9.00. The Labute approximate surface area is 111 Å². The predicted molar refractivity (Wildman–Crippen MR) is 74.6 cm³/mol. The van der Waals surface area contributed by atoms with Crippen molar-refractivity contribution in [1.82, 2.24) is 0 Å². The van der Waals surface area contributed by atoms with Crippen LogP contribution in [0, 0.1) is 0 Å². The SMILES string of the molecule is O=C(c1ccc(Cl)cc1)c1cc2sccc2s1. The van der Waals surface area contributed by atoms with Crippen molar-refractivity contribution in [2.24, 2.45) is 0 Å². The van der Waals surface area contributed by atoms with E-state index in [9.17, 15) is 4.79 Å². The van der Waals surface area contributed by atoms with Gasteiger partial charge < -0.3 is 0 Å². The molecule has 2 aromatic heterocycles. The van der Waals surface area contributed by atoms with Gasteiger partial charge >= 0.3 is 0 Å². The molecule has 0 spiro atoms. The molecule has 4 heteroatoms. The van der Waals surface area contributed by atoms with Crippen molar-refractivity contribution in [3.8, 4) is 0 Å². The van der Waals surface area contributed by atoms with Crippen LogP contribution in [0.15, 0.2) is 41.8 Å². The van der Waals surface area contributed by atoms with Crippen molar-refractivity contribution in [2.45, 2.75) is 0 Å². The number of hydrogen-bond acceptors (Lipinski definition) is 3. The summed E-state index contributed by atoms with van der Waals surface area (Å²) in [5.74, 6) is 0.0649. The Bertz CT molecular complexity index is 650. The zero-order chi connectivity index (χ0) is 11.8. The molecule has 0 aliphatic rings. The van der Waals surface area contributed by atoms with Gasteiger partial charge in [-0.2, -0.15) is 0 Å². The Balaban J connectivity index is 2.01. The molecular weight excluding hydrogens is 272 g/mol. The number of thiophene rings is 2. The summed E-state index contributed by atoms with van der Waals surface area (Å²) in [4.78, 5) is 13.0. The molecular formula is C13H7ClOS2. The number of fused-ring (bicyclic) bond motifs is 1. The lowest BCUT2D eigenvalue weighted by Gasteiger charge is -1.97. The Morgan fingerprint density at radius 3 is 2.53 bits per heavy atom. The maximum atomic E-state index is 12.2. The highest BCUT2D eigenvalue weighted by atomic mass is 35.5. The lowest BCUT2D eigenvalue weighted by molar-refractivity contribution is 0.104. The van der Waals surface area contributed by atoms with Gasteiger partial charge in [0.25, 0.3) is 0 Å². The minimum Gasteiger partial charge on any atom is -0.288 e. The Hall–Kier alpha value is -1.16. The first-order valence-corrected chi connectivity index (χ1v) is 7.09. The fourth-order valence-corrected chi connectivity index (χ4v) is 3.82. The monoisotopic (exact) mass is 278 g/mol. The van der Waals surface area contributed by atoms with E-state index in [0.717, 1.165) is 4.88 Å². The molecule has 3 aromatic rings. The number of rotatable bonds is 2. The number of carbonyl (C=O) groups is 1. The fourth-order valence-electron chi connectivity index (χ4n) is 1.62. The molecule has 2 heterocycles. The van der Waals surface area contributed by atoms with Crippen LogP contribution >= 0.6 is 34.3 Å². The third-order valence-corrected chi connectivity index (χ3v) is 4.81. The molecule has 0 N–H and O–H groups in total.